The Bertz CT molecular complexity index is 823. The van der Waals surface area contributed by atoms with Crippen molar-refractivity contribution in [3.8, 4) is 0 Å². The smallest absolute Gasteiger partial charge is 0.259 e. The molecule has 3 nitrogen and oxygen atoms in total. The van der Waals surface area contributed by atoms with Gasteiger partial charge in [0, 0.05) is 29.4 Å². The summed E-state index contributed by atoms with van der Waals surface area (Å²) < 4.78 is 0. The van der Waals surface area contributed by atoms with Crippen molar-refractivity contribution in [1.82, 2.24) is 4.90 Å². The van der Waals surface area contributed by atoms with Crippen LogP contribution in [0.15, 0.2) is 53.5 Å². The highest BCUT2D eigenvalue weighted by atomic mass is 35.5. The predicted molar refractivity (Wildman–Crippen MR) is 116 cm³/mol. The van der Waals surface area contributed by atoms with Gasteiger partial charge in [0.05, 0.1) is 0 Å². The molecule has 0 saturated carbocycles. The van der Waals surface area contributed by atoms with Crippen molar-refractivity contribution in [3.05, 3.63) is 70.2 Å². The van der Waals surface area contributed by atoms with Crippen LogP contribution in [-0.4, -0.2) is 29.1 Å². The number of benzene rings is 2. The molecule has 1 aliphatic heterocycles. The zero-order valence-corrected chi connectivity index (χ0v) is 17.6. The zero-order valence-electron chi connectivity index (χ0n) is 16.0. The van der Waals surface area contributed by atoms with Crippen LogP contribution in [0.4, 0.5) is 0 Å². The summed E-state index contributed by atoms with van der Waals surface area (Å²) in [6.07, 6.45) is 0.900. The summed E-state index contributed by atoms with van der Waals surface area (Å²) in [7, 11) is 0. The van der Waals surface area contributed by atoms with Crippen LogP contribution >= 0.6 is 23.4 Å². The van der Waals surface area contributed by atoms with Gasteiger partial charge < -0.3 is 0 Å². The van der Waals surface area contributed by atoms with Crippen LogP contribution < -0.4 is 0 Å². The maximum absolute atomic E-state index is 13.0. The Balaban J connectivity index is 1.71. The molecule has 2 aromatic rings. The quantitative estimate of drug-likeness (QED) is 0.654. The van der Waals surface area contributed by atoms with Crippen molar-refractivity contribution < 1.29 is 4.79 Å². The molecule has 0 atom stereocenters. The molecule has 2 aromatic carbocycles. The molecule has 0 spiro atoms. The lowest BCUT2D eigenvalue weighted by Crippen LogP contribution is -2.39. The van der Waals surface area contributed by atoms with Crippen molar-refractivity contribution >= 4 is 34.4 Å². The Hall–Kier alpha value is -1.78. The third-order valence-corrected chi connectivity index (χ3v) is 5.88. The highest BCUT2D eigenvalue weighted by Gasteiger charge is 2.24. The van der Waals surface area contributed by atoms with E-state index in [0.717, 1.165) is 28.9 Å². The maximum atomic E-state index is 13.0. The van der Waals surface area contributed by atoms with Crippen LogP contribution in [0, 0.1) is 0 Å². The van der Waals surface area contributed by atoms with Gasteiger partial charge in [-0.3, -0.25) is 14.7 Å². The topological polar surface area (TPSA) is 32.7 Å². The third kappa shape index (κ3) is 5.14. The van der Waals surface area contributed by atoms with Crippen molar-refractivity contribution in [3.63, 3.8) is 0 Å². The van der Waals surface area contributed by atoms with Crippen molar-refractivity contribution in [2.75, 3.05) is 13.1 Å². The van der Waals surface area contributed by atoms with E-state index in [0.29, 0.717) is 12.1 Å². The summed E-state index contributed by atoms with van der Waals surface area (Å²) in [5, 5.41) is 1.54. The molecule has 1 heterocycles. The Labute approximate surface area is 170 Å². The van der Waals surface area contributed by atoms with Gasteiger partial charge in [0.1, 0.15) is 0 Å². The Kier molecular flexibility index (Phi) is 6.28. The molecule has 0 aliphatic carbocycles. The normalized spacial score (nSPS) is 14.8. The van der Waals surface area contributed by atoms with Crippen molar-refractivity contribution in [1.29, 1.82) is 0 Å². The number of hydrogen-bond donors (Lipinski definition) is 0. The number of carbonyl (C=O) groups excluding carboxylic acids is 1. The summed E-state index contributed by atoms with van der Waals surface area (Å²) in [5.74, 6) is 0.792. The molecule has 0 aromatic heterocycles. The van der Waals surface area contributed by atoms with E-state index in [1.807, 2.05) is 41.3 Å². The van der Waals surface area contributed by atoms with Gasteiger partial charge in [-0.1, -0.05) is 68.4 Å². The zero-order chi connectivity index (χ0) is 19.4. The minimum Gasteiger partial charge on any atom is -0.287 e. The lowest BCUT2D eigenvalue weighted by Gasteiger charge is -2.27. The minimum absolute atomic E-state index is 0.0255. The Morgan fingerprint density at radius 2 is 1.78 bits per heavy atom. The van der Waals surface area contributed by atoms with Crippen molar-refractivity contribution in [2.24, 2.45) is 4.99 Å². The van der Waals surface area contributed by atoms with Gasteiger partial charge in [-0.15, -0.1) is 0 Å². The molecular weight excluding hydrogens is 376 g/mol. The van der Waals surface area contributed by atoms with Gasteiger partial charge in [-0.05, 0) is 47.2 Å². The number of amidine groups is 1. The largest absolute Gasteiger partial charge is 0.287 e. The van der Waals surface area contributed by atoms with Crippen LogP contribution in [0.1, 0.15) is 48.7 Å². The molecule has 1 aliphatic rings. The minimum atomic E-state index is 0.0255. The molecule has 5 heteroatoms. The monoisotopic (exact) mass is 400 g/mol. The van der Waals surface area contributed by atoms with Crippen LogP contribution in [0.2, 0.25) is 5.02 Å². The number of aliphatic imine (C=N–C) groups is 1. The number of halogens is 1. The summed E-state index contributed by atoms with van der Waals surface area (Å²) >= 11 is 7.56. The van der Waals surface area contributed by atoms with Crippen LogP contribution in [0.5, 0.6) is 0 Å². The molecule has 3 rings (SSSR count). The fourth-order valence-electron chi connectivity index (χ4n) is 2.89. The van der Waals surface area contributed by atoms with E-state index in [-0.39, 0.29) is 11.3 Å². The Morgan fingerprint density at radius 1 is 1.11 bits per heavy atom. The summed E-state index contributed by atoms with van der Waals surface area (Å²) in [6, 6.07) is 15.8. The third-order valence-electron chi connectivity index (χ3n) is 4.54. The standard InChI is InChI=1S/C22H25ClN2OS/c1-22(2,3)18-9-7-17(8-10-18)20(26)25-14-4-13-24-21(25)27-15-16-5-11-19(23)12-6-16/h5-12H,4,13-15H2,1-3H3. The average molecular weight is 401 g/mol. The average Bonchev–Trinajstić information content (AvgIpc) is 2.67. The molecular formula is C22H25ClN2OS. The van der Waals surface area contributed by atoms with Crippen LogP contribution in [0.3, 0.4) is 0 Å². The van der Waals surface area contributed by atoms with Gasteiger partial charge in [0.2, 0.25) is 0 Å². The van der Waals surface area contributed by atoms with E-state index >= 15 is 0 Å². The first-order chi connectivity index (χ1) is 12.8. The van der Waals surface area contributed by atoms with E-state index < -0.39 is 0 Å². The fraction of sp³-hybridized carbons (Fsp3) is 0.364. The molecule has 0 radical (unpaired) electrons. The highest BCUT2D eigenvalue weighted by Crippen LogP contribution is 2.25. The number of thioether (sulfide) groups is 1. The molecule has 0 N–H and O–H groups in total. The SMILES string of the molecule is CC(C)(C)c1ccc(C(=O)N2CCCN=C2SCc2ccc(Cl)cc2)cc1. The first kappa shape index (κ1) is 20.0. The summed E-state index contributed by atoms with van der Waals surface area (Å²) in [5.41, 5.74) is 3.18. The van der Waals surface area contributed by atoms with E-state index in [9.17, 15) is 4.79 Å². The predicted octanol–water partition coefficient (Wildman–Crippen LogP) is 5.77. The van der Waals surface area contributed by atoms with E-state index in [1.54, 1.807) is 11.8 Å². The molecule has 142 valence electrons. The van der Waals surface area contributed by atoms with Gasteiger partial charge >= 0.3 is 0 Å². The second kappa shape index (κ2) is 8.49. The highest BCUT2D eigenvalue weighted by molar-refractivity contribution is 8.13. The number of nitrogens with zero attached hydrogens (tertiary/aromatic N) is 2. The second-order valence-electron chi connectivity index (χ2n) is 7.72. The van der Waals surface area contributed by atoms with Gasteiger partial charge in [-0.25, -0.2) is 0 Å². The van der Waals surface area contributed by atoms with Crippen LogP contribution in [-0.2, 0) is 11.2 Å². The van der Waals surface area contributed by atoms with E-state index in [2.05, 4.69) is 37.9 Å². The number of amides is 1. The maximum Gasteiger partial charge on any atom is 0.259 e. The second-order valence-corrected chi connectivity index (χ2v) is 9.10. The molecule has 0 saturated heterocycles. The first-order valence-corrected chi connectivity index (χ1v) is 10.5. The van der Waals surface area contributed by atoms with Gasteiger partial charge in [0.25, 0.3) is 5.91 Å². The lowest BCUT2D eigenvalue weighted by atomic mass is 9.86. The fourth-order valence-corrected chi connectivity index (χ4v) is 4.02. The van der Waals surface area contributed by atoms with Crippen molar-refractivity contribution in [2.45, 2.75) is 38.4 Å². The summed E-state index contributed by atoms with van der Waals surface area (Å²) in [4.78, 5) is 19.5. The lowest BCUT2D eigenvalue weighted by molar-refractivity contribution is 0.0845. The first-order valence-electron chi connectivity index (χ1n) is 9.19. The number of hydrogen-bond acceptors (Lipinski definition) is 3. The van der Waals surface area contributed by atoms with E-state index in [1.165, 1.54) is 11.1 Å². The number of rotatable bonds is 3. The molecule has 0 bridgehead atoms. The van der Waals surface area contributed by atoms with Gasteiger partial charge in [0.15, 0.2) is 5.17 Å². The van der Waals surface area contributed by atoms with Crippen LogP contribution in [0.25, 0.3) is 0 Å². The number of carbonyl (C=O) groups is 1. The van der Waals surface area contributed by atoms with E-state index in [4.69, 9.17) is 11.6 Å². The Morgan fingerprint density at radius 3 is 2.41 bits per heavy atom. The van der Waals surface area contributed by atoms with Gasteiger partial charge in [-0.2, -0.15) is 0 Å². The molecule has 1 amide bonds. The molecule has 0 unspecified atom stereocenters. The molecule has 27 heavy (non-hydrogen) atoms. The molecule has 0 fully saturated rings. The summed E-state index contributed by atoms with van der Waals surface area (Å²) in [6.45, 7) is 8.01.